The Kier molecular flexibility index (Phi) is 4.07. The maximum Gasteiger partial charge on any atom is 0.139 e. The first-order valence-electron chi connectivity index (χ1n) is 5.74. The van der Waals surface area contributed by atoms with Crippen molar-refractivity contribution in [3.8, 4) is 0 Å². The van der Waals surface area contributed by atoms with Crippen molar-refractivity contribution < 1.29 is 8.83 Å². The predicted octanol–water partition coefficient (Wildman–Crippen LogP) is 4.03. The number of hydrogen-bond donors (Lipinski definition) is 1. The van der Waals surface area contributed by atoms with E-state index in [1.807, 2.05) is 19.1 Å². The summed E-state index contributed by atoms with van der Waals surface area (Å²) < 4.78 is 11.9. The molecule has 2 aromatic rings. The SMILES string of the molecule is CCCNC(c1ccoc1C)c1occc1Br. The molecule has 1 N–H and O–H groups in total. The molecule has 2 aromatic heterocycles. The molecule has 4 heteroatoms. The van der Waals surface area contributed by atoms with Crippen LogP contribution in [-0.2, 0) is 0 Å². The zero-order valence-electron chi connectivity index (χ0n) is 10.00. The lowest BCUT2D eigenvalue weighted by Gasteiger charge is -2.16. The van der Waals surface area contributed by atoms with E-state index in [-0.39, 0.29) is 6.04 Å². The Labute approximate surface area is 109 Å². The van der Waals surface area contributed by atoms with Gasteiger partial charge < -0.3 is 14.2 Å². The van der Waals surface area contributed by atoms with E-state index in [0.717, 1.165) is 34.5 Å². The van der Waals surface area contributed by atoms with Crippen LogP contribution in [0.3, 0.4) is 0 Å². The van der Waals surface area contributed by atoms with E-state index in [1.54, 1.807) is 12.5 Å². The number of rotatable bonds is 5. The first-order valence-corrected chi connectivity index (χ1v) is 6.53. The van der Waals surface area contributed by atoms with Gasteiger partial charge in [0.1, 0.15) is 11.5 Å². The Balaban J connectivity index is 2.32. The largest absolute Gasteiger partial charge is 0.469 e. The summed E-state index contributed by atoms with van der Waals surface area (Å²) >= 11 is 3.50. The Morgan fingerprint density at radius 2 is 2.06 bits per heavy atom. The molecule has 0 bridgehead atoms. The van der Waals surface area contributed by atoms with E-state index in [4.69, 9.17) is 8.83 Å². The van der Waals surface area contributed by atoms with Gasteiger partial charge in [0.2, 0.25) is 0 Å². The molecule has 1 atom stereocenters. The van der Waals surface area contributed by atoms with Crippen molar-refractivity contribution in [1.82, 2.24) is 5.32 Å². The van der Waals surface area contributed by atoms with E-state index in [0.29, 0.717) is 0 Å². The van der Waals surface area contributed by atoms with Crippen LogP contribution in [0.4, 0.5) is 0 Å². The van der Waals surface area contributed by atoms with Crippen LogP contribution in [-0.4, -0.2) is 6.54 Å². The quantitative estimate of drug-likeness (QED) is 0.905. The van der Waals surface area contributed by atoms with E-state index in [2.05, 4.69) is 28.2 Å². The molecular formula is C13H16BrNO2. The van der Waals surface area contributed by atoms with Gasteiger partial charge in [-0.15, -0.1) is 0 Å². The maximum absolute atomic E-state index is 5.55. The Morgan fingerprint density at radius 3 is 2.59 bits per heavy atom. The molecule has 0 aliphatic heterocycles. The fourth-order valence-electron chi connectivity index (χ4n) is 1.84. The average Bonchev–Trinajstić information content (AvgIpc) is 2.90. The second-order valence-corrected chi connectivity index (χ2v) is 4.81. The first kappa shape index (κ1) is 12.5. The van der Waals surface area contributed by atoms with Crippen molar-refractivity contribution in [3.05, 3.63) is 46.2 Å². The van der Waals surface area contributed by atoms with Crippen LogP contribution in [0.15, 0.2) is 38.0 Å². The third-order valence-corrected chi connectivity index (χ3v) is 3.37. The van der Waals surface area contributed by atoms with Crippen molar-refractivity contribution >= 4 is 15.9 Å². The molecule has 3 nitrogen and oxygen atoms in total. The molecule has 0 radical (unpaired) electrons. The number of furan rings is 2. The third-order valence-electron chi connectivity index (χ3n) is 2.72. The standard InChI is InChI=1S/C13H16BrNO2/c1-3-6-15-12(10-4-7-16-9(10)2)13-11(14)5-8-17-13/h4-5,7-8,12,15H,3,6H2,1-2H3. The Hall–Kier alpha value is -1.00. The second-order valence-electron chi connectivity index (χ2n) is 3.95. The Bertz CT molecular complexity index is 435. The normalized spacial score (nSPS) is 12.9. The summed E-state index contributed by atoms with van der Waals surface area (Å²) in [6.45, 7) is 5.04. The van der Waals surface area contributed by atoms with Crippen molar-refractivity contribution in [2.24, 2.45) is 0 Å². The number of aryl methyl sites for hydroxylation is 1. The van der Waals surface area contributed by atoms with Gasteiger partial charge in [-0.25, -0.2) is 0 Å². The maximum atomic E-state index is 5.55. The topological polar surface area (TPSA) is 38.3 Å². The molecule has 0 amide bonds. The van der Waals surface area contributed by atoms with Gasteiger partial charge in [0.15, 0.2) is 0 Å². The molecule has 0 spiro atoms. The van der Waals surface area contributed by atoms with Crippen LogP contribution in [0.25, 0.3) is 0 Å². The molecule has 17 heavy (non-hydrogen) atoms. The minimum Gasteiger partial charge on any atom is -0.469 e. The lowest BCUT2D eigenvalue weighted by Crippen LogP contribution is -2.23. The lowest BCUT2D eigenvalue weighted by atomic mass is 10.1. The summed E-state index contributed by atoms with van der Waals surface area (Å²) in [4.78, 5) is 0. The van der Waals surface area contributed by atoms with Crippen LogP contribution in [0.2, 0.25) is 0 Å². The van der Waals surface area contributed by atoms with Gasteiger partial charge in [0, 0.05) is 5.56 Å². The van der Waals surface area contributed by atoms with Gasteiger partial charge in [-0.3, -0.25) is 0 Å². The molecule has 2 rings (SSSR count). The highest BCUT2D eigenvalue weighted by atomic mass is 79.9. The number of nitrogens with one attached hydrogen (secondary N) is 1. The molecule has 0 aliphatic carbocycles. The second kappa shape index (κ2) is 5.56. The van der Waals surface area contributed by atoms with Crippen LogP contribution >= 0.6 is 15.9 Å². The van der Waals surface area contributed by atoms with E-state index >= 15 is 0 Å². The highest BCUT2D eigenvalue weighted by molar-refractivity contribution is 9.10. The van der Waals surface area contributed by atoms with Gasteiger partial charge in [-0.1, -0.05) is 6.92 Å². The molecule has 92 valence electrons. The smallest absolute Gasteiger partial charge is 0.139 e. The molecule has 0 fully saturated rings. The molecule has 0 saturated carbocycles. The van der Waals surface area contributed by atoms with Crippen molar-refractivity contribution in [2.75, 3.05) is 6.54 Å². The zero-order chi connectivity index (χ0) is 12.3. The van der Waals surface area contributed by atoms with E-state index < -0.39 is 0 Å². The van der Waals surface area contributed by atoms with Gasteiger partial charge in [-0.05, 0) is 48.0 Å². The Morgan fingerprint density at radius 1 is 1.29 bits per heavy atom. The summed E-state index contributed by atoms with van der Waals surface area (Å²) in [6, 6.07) is 3.93. The van der Waals surface area contributed by atoms with Crippen molar-refractivity contribution in [2.45, 2.75) is 26.3 Å². The van der Waals surface area contributed by atoms with Crippen LogP contribution < -0.4 is 5.32 Å². The van der Waals surface area contributed by atoms with Crippen LogP contribution in [0.1, 0.15) is 36.5 Å². The van der Waals surface area contributed by atoms with E-state index in [9.17, 15) is 0 Å². The number of halogens is 1. The average molecular weight is 298 g/mol. The van der Waals surface area contributed by atoms with Gasteiger partial charge in [0.05, 0.1) is 23.0 Å². The minimum atomic E-state index is 0.0399. The fraction of sp³-hybridized carbons (Fsp3) is 0.385. The molecule has 1 unspecified atom stereocenters. The lowest BCUT2D eigenvalue weighted by molar-refractivity contribution is 0.437. The van der Waals surface area contributed by atoms with Gasteiger partial charge in [0.25, 0.3) is 0 Å². The third kappa shape index (κ3) is 2.64. The highest BCUT2D eigenvalue weighted by Gasteiger charge is 2.22. The van der Waals surface area contributed by atoms with Gasteiger partial charge >= 0.3 is 0 Å². The summed E-state index contributed by atoms with van der Waals surface area (Å²) in [5.41, 5.74) is 1.12. The van der Waals surface area contributed by atoms with Crippen molar-refractivity contribution in [1.29, 1.82) is 0 Å². The minimum absolute atomic E-state index is 0.0399. The molecule has 0 saturated heterocycles. The number of hydrogen-bond acceptors (Lipinski definition) is 3. The first-order chi connectivity index (χ1) is 8.24. The zero-order valence-corrected chi connectivity index (χ0v) is 11.6. The summed E-state index contributed by atoms with van der Waals surface area (Å²) in [5, 5.41) is 3.47. The summed E-state index contributed by atoms with van der Waals surface area (Å²) in [6.07, 6.45) is 4.48. The predicted molar refractivity (Wildman–Crippen MR) is 70.0 cm³/mol. The van der Waals surface area contributed by atoms with Crippen molar-refractivity contribution in [3.63, 3.8) is 0 Å². The molecule has 0 aromatic carbocycles. The van der Waals surface area contributed by atoms with Gasteiger partial charge in [-0.2, -0.15) is 0 Å². The molecule has 2 heterocycles. The monoisotopic (exact) mass is 297 g/mol. The molecule has 0 aliphatic rings. The summed E-state index contributed by atoms with van der Waals surface area (Å²) in [7, 11) is 0. The van der Waals surface area contributed by atoms with Crippen LogP contribution in [0, 0.1) is 6.92 Å². The highest BCUT2D eigenvalue weighted by Crippen LogP contribution is 2.31. The van der Waals surface area contributed by atoms with E-state index in [1.165, 1.54) is 0 Å². The molecular weight excluding hydrogens is 282 g/mol. The van der Waals surface area contributed by atoms with Crippen LogP contribution in [0.5, 0.6) is 0 Å². The summed E-state index contributed by atoms with van der Waals surface area (Å²) in [5.74, 6) is 1.81. The fourth-order valence-corrected chi connectivity index (χ4v) is 2.27.